The van der Waals surface area contributed by atoms with E-state index in [0.29, 0.717) is 27.3 Å². The van der Waals surface area contributed by atoms with Crippen molar-refractivity contribution in [1.29, 1.82) is 0 Å². The maximum absolute atomic E-state index is 13.6. The quantitative estimate of drug-likeness (QED) is 0.514. The Morgan fingerprint density at radius 3 is 2.65 bits per heavy atom. The van der Waals surface area contributed by atoms with E-state index in [2.05, 4.69) is 6.92 Å². The summed E-state index contributed by atoms with van der Waals surface area (Å²) in [5, 5.41) is 1.26. The van der Waals surface area contributed by atoms with Gasteiger partial charge in [-0.2, -0.15) is 0 Å². The molecule has 1 saturated heterocycles. The largest absolute Gasteiger partial charge is 0.454 e. The molecule has 2 atom stereocenters. The lowest BCUT2D eigenvalue weighted by Gasteiger charge is -2.35. The first-order valence-electron chi connectivity index (χ1n) is 10.6. The van der Waals surface area contributed by atoms with E-state index < -0.39 is 0 Å². The van der Waals surface area contributed by atoms with Gasteiger partial charge < -0.3 is 9.47 Å². The number of aliphatic imine (C=N–C) groups is 1. The third-order valence-corrected chi connectivity index (χ3v) is 7.30. The smallest absolute Gasteiger partial charge is 0.267 e. The van der Waals surface area contributed by atoms with Gasteiger partial charge in [0.1, 0.15) is 0 Å². The molecule has 0 radical (unpaired) electrons. The number of amidine groups is 1. The fourth-order valence-corrected chi connectivity index (χ4v) is 5.58. The van der Waals surface area contributed by atoms with Gasteiger partial charge in [-0.1, -0.05) is 49.6 Å². The van der Waals surface area contributed by atoms with E-state index in [-0.39, 0.29) is 18.7 Å². The van der Waals surface area contributed by atoms with Gasteiger partial charge in [0.2, 0.25) is 6.79 Å². The van der Waals surface area contributed by atoms with Crippen LogP contribution in [0.3, 0.4) is 0 Å². The first kappa shape index (κ1) is 20.5. The molecule has 2 heterocycles. The molecule has 2 aromatic rings. The monoisotopic (exact) mass is 454 g/mol. The Kier molecular flexibility index (Phi) is 5.67. The second-order valence-corrected chi connectivity index (χ2v) is 9.49. The van der Waals surface area contributed by atoms with Crippen LogP contribution in [0.25, 0.3) is 6.08 Å². The Bertz CT molecular complexity index is 1070. The molecule has 31 heavy (non-hydrogen) atoms. The lowest BCUT2D eigenvalue weighted by molar-refractivity contribution is -0.124. The molecule has 7 heteroatoms. The molecule has 0 spiro atoms. The van der Waals surface area contributed by atoms with Crippen LogP contribution < -0.4 is 9.47 Å². The fraction of sp³-hybridized carbons (Fsp3) is 0.333. The Balaban J connectivity index is 1.53. The van der Waals surface area contributed by atoms with Crippen molar-refractivity contribution in [2.45, 2.75) is 38.6 Å². The number of amides is 1. The zero-order valence-corrected chi connectivity index (χ0v) is 18.8. The van der Waals surface area contributed by atoms with Crippen molar-refractivity contribution in [3.63, 3.8) is 0 Å². The molecular formula is C24H23ClN2O3S. The third kappa shape index (κ3) is 4.06. The summed E-state index contributed by atoms with van der Waals surface area (Å²) in [7, 11) is 0. The maximum atomic E-state index is 13.6. The molecular weight excluding hydrogens is 432 g/mol. The summed E-state index contributed by atoms with van der Waals surface area (Å²) in [5.41, 5.74) is 1.58. The van der Waals surface area contributed by atoms with E-state index in [1.807, 2.05) is 47.4 Å². The molecule has 5 nitrogen and oxygen atoms in total. The maximum Gasteiger partial charge on any atom is 0.267 e. The Morgan fingerprint density at radius 2 is 1.87 bits per heavy atom. The van der Waals surface area contributed by atoms with Crippen molar-refractivity contribution in [2.75, 3.05) is 6.79 Å². The average molecular weight is 455 g/mol. The zero-order valence-electron chi connectivity index (χ0n) is 17.2. The number of halogens is 1. The normalized spacial score (nSPS) is 25.6. The van der Waals surface area contributed by atoms with Crippen molar-refractivity contribution >= 4 is 46.2 Å². The first-order valence-corrected chi connectivity index (χ1v) is 11.8. The van der Waals surface area contributed by atoms with Gasteiger partial charge in [-0.3, -0.25) is 9.69 Å². The number of benzene rings is 2. The van der Waals surface area contributed by atoms with E-state index in [0.717, 1.165) is 35.7 Å². The predicted molar refractivity (Wildman–Crippen MR) is 125 cm³/mol. The molecule has 0 N–H and O–H groups in total. The highest BCUT2D eigenvalue weighted by Gasteiger charge is 2.41. The number of rotatable bonds is 3. The van der Waals surface area contributed by atoms with Crippen molar-refractivity contribution in [2.24, 2.45) is 10.9 Å². The van der Waals surface area contributed by atoms with Gasteiger partial charge in [-0.05, 0) is 60.4 Å². The van der Waals surface area contributed by atoms with Gasteiger partial charge in [-0.15, -0.1) is 0 Å². The molecule has 2 fully saturated rings. The number of para-hydroxylation sites is 1. The number of hydrogen-bond acceptors (Lipinski definition) is 5. The minimum atomic E-state index is -0.00725. The lowest BCUT2D eigenvalue weighted by atomic mass is 9.85. The van der Waals surface area contributed by atoms with E-state index in [4.69, 9.17) is 26.1 Å². The van der Waals surface area contributed by atoms with Gasteiger partial charge in [0.15, 0.2) is 16.7 Å². The molecule has 0 unspecified atom stereocenters. The third-order valence-electron chi connectivity index (χ3n) is 5.99. The fourth-order valence-electron chi connectivity index (χ4n) is 4.34. The Hall–Kier alpha value is -2.44. The molecule has 1 saturated carbocycles. The van der Waals surface area contributed by atoms with Gasteiger partial charge in [0.25, 0.3) is 5.91 Å². The summed E-state index contributed by atoms with van der Waals surface area (Å²) in [6.07, 6.45) is 6.32. The van der Waals surface area contributed by atoms with Crippen molar-refractivity contribution in [3.8, 4) is 11.5 Å². The highest BCUT2D eigenvalue weighted by Crippen LogP contribution is 2.42. The topological polar surface area (TPSA) is 51.1 Å². The summed E-state index contributed by atoms with van der Waals surface area (Å²) in [6, 6.07) is 13.5. The van der Waals surface area contributed by atoms with E-state index in [1.165, 1.54) is 18.2 Å². The van der Waals surface area contributed by atoms with E-state index in [9.17, 15) is 4.79 Å². The lowest BCUT2D eigenvalue weighted by Crippen LogP contribution is -2.44. The number of nitrogens with zero attached hydrogens (tertiary/aromatic N) is 2. The van der Waals surface area contributed by atoms with Crippen LogP contribution in [-0.4, -0.2) is 28.8 Å². The number of hydrogen-bond donors (Lipinski definition) is 0. The van der Waals surface area contributed by atoms with Crippen LogP contribution in [0.4, 0.5) is 5.69 Å². The minimum Gasteiger partial charge on any atom is -0.454 e. The van der Waals surface area contributed by atoms with Gasteiger partial charge in [-0.25, -0.2) is 4.99 Å². The van der Waals surface area contributed by atoms with Crippen LogP contribution in [0.5, 0.6) is 11.5 Å². The van der Waals surface area contributed by atoms with Crippen molar-refractivity contribution in [3.05, 3.63) is 58.0 Å². The highest BCUT2D eigenvalue weighted by atomic mass is 35.5. The average Bonchev–Trinajstić information content (AvgIpc) is 3.34. The summed E-state index contributed by atoms with van der Waals surface area (Å²) < 4.78 is 10.9. The number of carbonyl (C=O) groups is 1. The Morgan fingerprint density at radius 1 is 1.13 bits per heavy atom. The molecule has 1 amide bonds. The van der Waals surface area contributed by atoms with Gasteiger partial charge >= 0.3 is 0 Å². The van der Waals surface area contributed by atoms with Crippen LogP contribution in [0.1, 0.15) is 38.2 Å². The highest BCUT2D eigenvalue weighted by molar-refractivity contribution is 8.18. The second kappa shape index (κ2) is 8.60. The molecule has 1 aliphatic carbocycles. The number of fused-ring (bicyclic) bond motifs is 1. The molecule has 2 aromatic carbocycles. The van der Waals surface area contributed by atoms with Crippen molar-refractivity contribution in [1.82, 2.24) is 4.90 Å². The van der Waals surface area contributed by atoms with Crippen LogP contribution in [0.2, 0.25) is 5.02 Å². The zero-order chi connectivity index (χ0) is 21.4. The summed E-state index contributed by atoms with van der Waals surface area (Å²) >= 11 is 7.87. The van der Waals surface area contributed by atoms with Gasteiger partial charge in [0, 0.05) is 12.1 Å². The SMILES string of the molecule is C[C@H]1CCCC[C@H]1N1C(=O)/C(=C/c2cc3c(cc2Cl)OCO3)SC1=Nc1ccccc1. The number of carbonyl (C=O) groups excluding carboxylic acids is 1. The molecule has 5 rings (SSSR count). The van der Waals surface area contributed by atoms with E-state index in [1.54, 1.807) is 6.07 Å². The standard InChI is InChI=1S/C24H23ClN2O3S/c1-15-7-5-6-10-19(15)27-23(28)22(31-24(27)26-17-8-3-2-4-9-17)12-16-11-20-21(13-18(16)25)30-14-29-20/h2-4,8-9,11-13,15,19H,5-7,10,14H2,1H3/b22-12-,26-24?/t15-,19+/m0/s1. The minimum absolute atomic E-state index is 0.00725. The molecule has 160 valence electrons. The number of ether oxygens (including phenoxy) is 2. The molecule has 0 aromatic heterocycles. The summed E-state index contributed by atoms with van der Waals surface area (Å²) in [6.45, 7) is 2.42. The van der Waals surface area contributed by atoms with Crippen molar-refractivity contribution < 1.29 is 14.3 Å². The molecule has 0 bridgehead atoms. The summed E-state index contributed by atoms with van der Waals surface area (Å²) in [5.74, 6) is 1.70. The van der Waals surface area contributed by atoms with E-state index >= 15 is 0 Å². The van der Waals surface area contributed by atoms with Crippen LogP contribution >= 0.6 is 23.4 Å². The van der Waals surface area contributed by atoms with Crippen LogP contribution in [0, 0.1) is 5.92 Å². The van der Waals surface area contributed by atoms with Crippen LogP contribution in [0.15, 0.2) is 52.4 Å². The Labute approximate surface area is 191 Å². The summed E-state index contributed by atoms with van der Waals surface area (Å²) in [4.78, 5) is 20.9. The van der Waals surface area contributed by atoms with Gasteiger partial charge in [0.05, 0.1) is 15.6 Å². The molecule has 3 aliphatic rings. The van der Waals surface area contributed by atoms with Crippen LogP contribution in [-0.2, 0) is 4.79 Å². The second-order valence-electron chi connectivity index (χ2n) is 8.07. The molecule has 2 aliphatic heterocycles. The number of thioether (sulfide) groups is 1. The first-order chi connectivity index (χ1) is 15.1. The predicted octanol–water partition coefficient (Wildman–Crippen LogP) is 6.25.